The first-order valence-corrected chi connectivity index (χ1v) is 8.50. The molecule has 6 heteroatoms. The van der Waals surface area contributed by atoms with E-state index in [1.807, 2.05) is 26.1 Å². The van der Waals surface area contributed by atoms with Crippen LogP contribution < -0.4 is 5.32 Å². The van der Waals surface area contributed by atoms with Crippen molar-refractivity contribution in [2.45, 2.75) is 30.3 Å². The van der Waals surface area contributed by atoms with Gasteiger partial charge in [0.05, 0.1) is 11.6 Å². The van der Waals surface area contributed by atoms with Gasteiger partial charge in [-0.05, 0) is 60.8 Å². The number of nitrogens with zero attached hydrogens (tertiary/aromatic N) is 1. The average Bonchev–Trinajstić information content (AvgIpc) is 3.27. The van der Waals surface area contributed by atoms with Crippen molar-refractivity contribution in [3.8, 4) is 0 Å². The fraction of sp³-hybridized carbons (Fsp3) is 0.571. The molecule has 0 aliphatic heterocycles. The maximum absolute atomic E-state index is 12.3. The van der Waals surface area contributed by atoms with E-state index in [1.54, 1.807) is 18.0 Å². The molecule has 110 valence electrons. The molecule has 1 fully saturated rings. The second-order valence-corrected chi connectivity index (χ2v) is 6.73. The summed E-state index contributed by atoms with van der Waals surface area (Å²) in [4.78, 5) is 16.7. The van der Waals surface area contributed by atoms with Crippen LogP contribution in [0.5, 0.6) is 0 Å². The lowest BCUT2D eigenvalue weighted by Gasteiger charge is -2.30. The first-order chi connectivity index (χ1) is 9.62. The molecule has 1 aromatic heterocycles. The lowest BCUT2D eigenvalue weighted by molar-refractivity contribution is -0.150. The van der Waals surface area contributed by atoms with Gasteiger partial charge in [-0.25, -0.2) is 4.98 Å². The van der Waals surface area contributed by atoms with Crippen LogP contribution in [0.4, 0.5) is 0 Å². The standard InChI is InChI=1S/C14H19BrN2O2S/c1-3-19-13(18)14(16-2,10-4-5-10)9-20-12-7-6-11(15)8-17-12/h6-8,10,16H,3-5,9H2,1-2H3. The smallest absolute Gasteiger partial charge is 0.327 e. The molecule has 0 aromatic carbocycles. The van der Waals surface area contributed by atoms with Crippen molar-refractivity contribution in [2.24, 2.45) is 5.92 Å². The van der Waals surface area contributed by atoms with Gasteiger partial charge < -0.3 is 10.1 Å². The molecular formula is C14H19BrN2O2S. The number of aromatic nitrogens is 1. The van der Waals surface area contributed by atoms with Crippen LogP contribution in [-0.4, -0.2) is 35.9 Å². The van der Waals surface area contributed by atoms with Crippen molar-refractivity contribution in [3.63, 3.8) is 0 Å². The van der Waals surface area contributed by atoms with Gasteiger partial charge in [-0.3, -0.25) is 4.79 Å². The number of carbonyl (C=O) groups excluding carboxylic acids is 1. The number of halogens is 1. The first-order valence-electron chi connectivity index (χ1n) is 6.73. The molecule has 0 amide bonds. The molecule has 0 saturated heterocycles. The number of nitrogens with one attached hydrogen (secondary N) is 1. The van der Waals surface area contributed by atoms with E-state index < -0.39 is 5.54 Å². The molecule has 1 aliphatic carbocycles. The number of thioether (sulfide) groups is 1. The van der Waals surface area contributed by atoms with Gasteiger partial charge in [-0.15, -0.1) is 11.8 Å². The number of likely N-dealkylation sites (N-methyl/N-ethyl adjacent to an activating group) is 1. The van der Waals surface area contributed by atoms with Crippen LogP contribution in [0.2, 0.25) is 0 Å². The third-order valence-electron chi connectivity index (χ3n) is 3.51. The van der Waals surface area contributed by atoms with E-state index in [1.165, 1.54) is 0 Å². The predicted molar refractivity (Wildman–Crippen MR) is 83.8 cm³/mol. The van der Waals surface area contributed by atoms with Crippen LogP contribution in [0.1, 0.15) is 19.8 Å². The number of hydrogen-bond donors (Lipinski definition) is 1. The van der Waals surface area contributed by atoms with Gasteiger partial charge in [0.2, 0.25) is 0 Å². The molecule has 1 saturated carbocycles. The van der Waals surface area contributed by atoms with Crippen molar-refractivity contribution in [2.75, 3.05) is 19.4 Å². The van der Waals surface area contributed by atoms with Crippen LogP contribution in [0.25, 0.3) is 0 Å². The number of esters is 1. The van der Waals surface area contributed by atoms with Crippen LogP contribution >= 0.6 is 27.7 Å². The molecule has 1 heterocycles. The summed E-state index contributed by atoms with van der Waals surface area (Å²) in [6.07, 6.45) is 3.92. The van der Waals surface area contributed by atoms with E-state index in [4.69, 9.17) is 4.74 Å². The SMILES string of the molecule is CCOC(=O)C(CSc1ccc(Br)cn1)(NC)C1CC1. The highest BCUT2D eigenvalue weighted by Gasteiger charge is 2.51. The minimum Gasteiger partial charge on any atom is -0.465 e. The molecule has 1 unspecified atom stereocenters. The quantitative estimate of drug-likeness (QED) is 0.599. The highest BCUT2D eigenvalue weighted by molar-refractivity contribution is 9.10. The second-order valence-electron chi connectivity index (χ2n) is 4.82. The van der Waals surface area contributed by atoms with Gasteiger partial charge in [0.25, 0.3) is 0 Å². The number of pyridine rings is 1. The third kappa shape index (κ3) is 3.54. The average molecular weight is 359 g/mol. The van der Waals surface area contributed by atoms with Crippen molar-refractivity contribution in [1.82, 2.24) is 10.3 Å². The van der Waals surface area contributed by atoms with E-state index in [2.05, 4.69) is 26.2 Å². The van der Waals surface area contributed by atoms with Crippen molar-refractivity contribution >= 4 is 33.7 Å². The zero-order chi connectivity index (χ0) is 14.6. The van der Waals surface area contributed by atoms with Crippen LogP contribution in [0.3, 0.4) is 0 Å². The summed E-state index contributed by atoms with van der Waals surface area (Å²) in [5, 5.41) is 4.13. The minimum absolute atomic E-state index is 0.144. The summed E-state index contributed by atoms with van der Waals surface area (Å²) in [7, 11) is 1.84. The summed E-state index contributed by atoms with van der Waals surface area (Å²) in [6, 6.07) is 3.91. The monoisotopic (exact) mass is 358 g/mol. The zero-order valence-corrected chi connectivity index (χ0v) is 14.1. The molecule has 2 rings (SSSR count). The number of rotatable bonds is 7. The highest BCUT2D eigenvalue weighted by atomic mass is 79.9. The Morgan fingerprint density at radius 2 is 2.35 bits per heavy atom. The van der Waals surface area contributed by atoms with Crippen molar-refractivity contribution < 1.29 is 9.53 Å². The summed E-state index contributed by atoms with van der Waals surface area (Å²) < 4.78 is 6.22. The molecule has 4 nitrogen and oxygen atoms in total. The summed E-state index contributed by atoms with van der Waals surface area (Å²) in [5.41, 5.74) is -0.588. The summed E-state index contributed by atoms with van der Waals surface area (Å²) in [6.45, 7) is 2.25. The van der Waals surface area contributed by atoms with Gasteiger partial charge >= 0.3 is 5.97 Å². The second kappa shape index (κ2) is 6.91. The Kier molecular flexibility index (Phi) is 5.46. The molecule has 1 N–H and O–H groups in total. The van der Waals surface area contributed by atoms with E-state index in [-0.39, 0.29) is 5.97 Å². The summed E-state index contributed by atoms with van der Waals surface area (Å²) in [5.74, 6) is 0.867. The van der Waals surface area contributed by atoms with Gasteiger partial charge in [-0.1, -0.05) is 0 Å². The molecule has 0 spiro atoms. The van der Waals surface area contributed by atoms with Crippen molar-refractivity contribution in [1.29, 1.82) is 0 Å². The topological polar surface area (TPSA) is 51.2 Å². The Morgan fingerprint density at radius 1 is 1.60 bits per heavy atom. The number of ether oxygens (including phenoxy) is 1. The lowest BCUT2D eigenvalue weighted by Crippen LogP contribution is -2.55. The molecule has 20 heavy (non-hydrogen) atoms. The molecule has 1 aromatic rings. The van der Waals surface area contributed by atoms with Crippen LogP contribution in [-0.2, 0) is 9.53 Å². The Bertz CT molecular complexity index is 465. The largest absolute Gasteiger partial charge is 0.465 e. The molecular weight excluding hydrogens is 340 g/mol. The van der Waals surface area contributed by atoms with Crippen molar-refractivity contribution in [3.05, 3.63) is 22.8 Å². The normalized spacial score (nSPS) is 17.6. The Hall–Kier alpha value is -0.590. The molecule has 0 bridgehead atoms. The predicted octanol–water partition coefficient (Wildman–Crippen LogP) is 2.87. The maximum Gasteiger partial charge on any atom is 0.327 e. The Balaban J connectivity index is 2.07. The van der Waals surface area contributed by atoms with Crippen LogP contribution in [0, 0.1) is 5.92 Å². The number of carbonyl (C=O) groups is 1. The van der Waals surface area contributed by atoms with Gasteiger partial charge in [0.15, 0.2) is 0 Å². The van der Waals surface area contributed by atoms with E-state index in [0.717, 1.165) is 22.3 Å². The van der Waals surface area contributed by atoms with Crippen LogP contribution in [0.15, 0.2) is 27.8 Å². The Labute approximate surface area is 132 Å². The summed E-state index contributed by atoms with van der Waals surface area (Å²) >= 11 is 4.96. The van der Waals surface area contributed by atoms with E-state index in [9.17, 15) is 4.79 Å². The van der Waals surface area contributed by atoms with Gasteiger partial charge in [0, 0.05) is 16.4 Å². The fourth-order valence-electron chi connectivity index (χ4n) is 2.19. The fourth-order valence-corrected chi connectivity index (χ4v) is 3.59. The molecule has 1 aliphatic rings. The Morgan fingerprint density at radius 3 is 2.85 bits per heavy atom. The maximum atomic E-state index is 12.3. The highest BCUT2D eigenvalue weighted by Crippen LogP contribution is 2.42. The van der Waals surface area contributed by atoms with E-state index in [0.29, 0.717) is 18.3 Å². The van der Waals surface area contributed by atoms with Gasteiger partial charge in [-0.2, -0.15) is 0 Å². The zero-order valence-electron chi connectivity index (χ0n) is 11.7. The third-order valence-corrected chi connectivity index (χ3v) is 5.11. The molecule has 1 atom stereocenters. The molecule has 0 radical (unpaired) electrons. The number of hydrogen-bond acceptors (Lipinski definition) is 5. The lowest BCUT2D eigenvalue weighted by atomic mass is 9.96. The minimum atomic E-state index is -0.588. The first kappa shape index (κ1) is 15.8. The van der Waals surface area contributed by atoms with E-state index >= 15 is 0 Å². The van der Waals surface area contributed by atoms with Gasteiger partial charge in [0.1, 0.15) is 5.54 Å².